The second kappa shape index (κ2) is 7.25. The largest absolute Gasteiger partial charge is 0.338 e. The Balaban J connectivity index is 1.73. The highest BCUT2D eigenvalue weighted by Crippen LogP contribution is 2.18. The number of piperidine rings is 1. The van der Waals surface area contributed by atoms with Gasteiger partial charge in [0.05, 0.1) is 0 Å². The van der Waals surface area contributed by atoms with Crippen LogP contribution in [0.25, 0.3) is 0 Å². The molecule has 1 aliphatic heterocycles. The highest BCUT2D eigenvalue weighted by atomic mass is 16.2. The number of pyridine rings is 1. The van der Waals surface area contributed by atoms with Gasteiger partial charge in [0, 0.05) is 30.5 Å². The fourth-order valence-corrected chi connectivity index (χ4v) is 2.96. The van der Waals surface area contributed by atoms with Crippen LogP contribution >= 0.6 is 0 Å². The molecule has 1 saturated heterocycles. The number of carbonyl (C=O) groups excluding carboxylic acids is 2. The van der Waals surface area contributed by atoms with Gasteiger partial charge in [-0.05, 0) is 43.0 Å². The Morgan fingerprint density at radius 3 is 2.75 bits per heavy atom. The van der Waals surface area contributed by atoms with Gasteiger partial charge in [-0.2, -0.15) is 0 Å². The molecule has 0 radical (unpaired) electrons. The Hall–Kier alpha value is -2.69. The number of nitrogens with zero attached hydrogens (tertiary/aromatic N) is 2. The lowest BCUT2D eigenvalue weighted by Crippen LogP contribution is -2.39. The van der Waals surface area contributed by atoms with Crippen molar-refractivity contribution in [3.63, 3.8) is 0 Å². The summed E-state index contributed by atoms with van der Waals surface area (Å²) in [6.45, 7) is 3.70. The molecule has 0 aliphatic carbocycles. The summed E-state index contributed by atoms with van der Waals surface area (Å²) in [6.07, 6.45) is 3.70. The Morgan fingerprint density at radius 2 is 2.00 bits per heavy atom. The van der Waals surface area contributed by atoms with Gasteiger partial charge in [0.2, 0.25) is 0 Å². The van der Waals surface area contributed by atoms with E-state index in [9.17, 15) is 9.59 Å². The molecule has 3 rings (SSSR count). The molecule has 5 nitrogen and oxygen atoms in total. The molecule has 1 aromatic carbocycles. The Kier molecular flexibility index (Phi) is 4.89. The predicted octanol–water partition coefficient (Wildman–Crippen LogP) is 3.21. The minimum Gasteiger partial charge on any atom is -0.338 e. The van der Waals surface area contributed by atoms with Crippen LogP contribution in [0.15, 0.2) is 48.7 Å². The predicted molar refractivity (Wildman–Crippen MR) is 92.9 cm³/mol. The molecule has 0 spiro atoms. The number of para-hydroxylation sites is 1. The lowest BCUT2D eigenvalue weighted by molar-refractivity contribution is 0.0683. The molecule has 24 heavy (non-hydrogen) atoms. The molecule has 2 amide bonds. The molecular formula is C19H21N3O2. The van der Waals surface area contributed by atoms with Crippen LogP contribution in [0.4, 0.5) is 5.69 Å². The van der Waals surface area contributed by atoms with Gasteiger partial charge in [-0.15, -0.1) is 0 Å². The molecular weight excluding hydrogens is 302 g/mol. The quantitative estimate of drug-likeness (QED) is 0.943. The van der Waals surface area contributed by atoms with Gasteiger partial charge in [-0.25, -0.2) is 0 Å². The zero-order valence-electron chi connectivity index (χ0n) is 13.7. The van der Waals surface area contributed by atoms with Crippen LogP contribution < -0.4 is 5.32 Å². The number of aromatic nitrogens is 1. The van der Waals surface area contributed by atoms with E-state index >= 15 is 0 Å². The van der Waals surface area contributed by atoms with Gasteiger partial charge in [0.25, 0.3) is 11.8 Å². The van der Waals surface area contributed by atoms with E-state index in [2.05, 4.69) is 17.2 Å². The van der Waals surface area contributed by atoms with Crippen LogP contribution in [-0.4, -0.2) is 34.8 Å². The molecule has 1 N–H and O–H groups in total. The second-order valence-electron chi connectivity index (χ2n) is 6.25. The number of hydrogen-bond donors (Lipinski definition) is 1. The third kappa shape index (κ3) is 3.79. The molecule has 1 aliphatic rings. The first-order valence-corrected chi connectivity index (χ1v) is 8.25. The zero-order valence-corrected chi connectivity index (χ0v) is 13.7. The highest BCUT2D eigenvalue weighted by molar-refractivity contribution is 6.04. The average Bonchev–Trinajstić information content (AvgIpc) is 2.62. The standard InChI is InChI=1S/C19H21N3O2/c1-14-6-5-11-22(13-14)19(24)15-9-10-20-17(12-15)18(23)21-16-7-3-2-4-8-16/h2-4,7-10,12,14H,5-6,11,13H2,1H3,(H,21,23). The van der Waals surface area contributed by atoms with E-state index in [0.29, 0.717) is 17.2 Å². The maximum Gasteiger partial charge on any atom is 0.274 e. The Bertz CT molecular complexity index is 730. The Labute approximate surface area is 141 Å². The number of carbonyl (C=O) groups is 2. The smallest absolute Gasteiger partial charge is 0.274 e. The summed E-state index contributed by atoms with van der Waals surface area (Å²) in [5.41, 5.74) is 1.46. The summed E-state index contributed by atoms with van der Waals surface area (Å²) in [5.74, 6) is 0.172. The van der Waals surface area contributed by atoms with Gasteiger partial charge in [0.15, 0.2) is 0 Å². The number of hydrogen-bond acceptors (Lipinski definition) is 3. The molecule has 1 aromatic heterocycles. The minimum absolute atomic E-state index is 0.0299. The van der Waals surface area contributed by atoms with Crippen LogP contribution in [0.5, 0.6) is 0 Å². The highest BCUT2D eigenvalue weighted by Gasteiger charge is 2.22. The molecule has 2 aromatic rings. The maximum absolute atomic E-state index is 12.6. The van der Waals surface area contributed by atoms with Crippen LogP contribution in [0, 0.1) is 5.92 Å². The van der Waals surface area contributed by atoms with E-state index in [1.165, 1.54) is 6.20 Å². The first kappa shape index (κ1) is 16.2. The first-order valence-electron chi connectivity index (χ1n) is 8.25. The van der Waals surface area contributed by atoms with E-state index in [0.717, 1.165) is 25.9 Å². The fraction of sp³-hybridized carbons (Fsp3) is 0.316. The van der Waals surface area contributed by atoms with Crippen LogP contribution in [-0.2, 0) is 0 Å². The van der Waals surface area contributed by atoms with E-state index < -0.39 is 0 Å². The van der Waals surface area contributed by atoms with Crippen molar-refractivity contribution in [2.75, 3.05) is 18.4 Å². The van der Waals surface area contributed by atoms with E-state index in [1.54, 1.807) is 12.1 Å². The van der Waals surface area contributed by atoms with Crippen molar-refractivity contribution in [2.24, 2.45) is 5.92 Å². The summed E-state index contributed by atoms with van der Waals surface area (Å²) in [5, 5.41) is 2.78. The zero-order chi connectivity index (χ0) is 16.9. The molecule has 1 fully saturated rings. The number of rotatable bonds is 3. The van der Waals surface area contributed by atoms with Crippen LogP contribution in [0.3, 0.4) is 0 Å². The third-order valence-corrected chi connectivity index (χ3v) is 4.22. The van der Waals surface area contributed by atoms with Crippen molar-refractivity contribution in [2.45, 2.75) is 19.8 Å². The number of amides is 2. The average molecular weight is 323 g/mol. The van der Waals surface area contributed by atoms with E-state index in [4.69, 9.17) is 0 Å². The number of benzene rings is 1. The lowest BCUT2D eigenvalue weighted by atomic mass is 9.99. The van der Waals surface area contributed by atoms with Crippen molar-refractivity contribution in [1.82, 2.24) is 9.88 Å². The topological polar surface area (TPSA) is 62.3 Å². The minimum atomic E-state index is -0.317. The normalized spacial score (nSPS) is 17.4. The lowest BCUT2D eigenvalue weighted by Gasteiger charge is -2.31. The third-order valence-electron chi connectivity index (χ3n) is 4.22. The van der Waals surface area contributed by atoms with Gasteiger partial charge in [-0.3, -0.25) is 14.6 Å². The van der Waals surface area contributed by atoms with Gasteiger partial charge in [0.1, 0.15) is 5.69 Å². The maximum atomic E-state index is 12.6. The van der Waals surface area contributed by atoms with Crippen LogP contribution in [0.1, 0.15) is 40.6 Å². The van der Waals surface area contributed by atoms with Gasteiger partial charge < -0.3 is 10.2 Å². The van der Waals surface area contributed by atoms with Crippen molar-refractivity contribution in [3.05, 3.63) is 59.9 Å². The molecule has 2 heterocycles. The molecule has 0 saturated carbocycles. The molecule has 124 valence electrons. The summed E-state index contributed by atoms with van der Waals surface area (Å²) in [4.78, 5) is 30.9. The second-order valence-corrected chi connectivity index (χ2v) is 6.25. The number of likely N-dealkylation sites (tertiary alicyclic amines) is 1. The molecule has 1 atom stereocenters. The first-order chi connectivity index (χ1) is 11.6. The van der Waals surface area contributed by atoms with Gasteiger partial charge in [-0.1, -0.05) is 25.1 Å². The SMILES string of the molecule is CC1CCCN(C(=O)c2ccnc(C(=O)Nc3ccccc3)c2)C1. The summed E-state index contributed by atoms with van der Waals surface area (Å²) in [6, 6.07) is 12.4. The number of anilines is 1. The number of nitrogens with one attached hydrogen (secondary N) is 1. The van der Waals surface area contributed by atoms with Crippen LogP contribution in [0.2, 0.25) is 0 Å². The van der Waals surface area contributed by atoms with Gasteiger partial charge >= 0.3 is 0 Å². The summed E-state index contributed by atoms with van der Waals surface area (Å²) < 4.78 is 0. The monoisotopic (exact) mass is 323 g/mol. The van der Waals surface area contributed by atoms with Crippen molar-refractivity contribution in [3.8, 4) is 0 Å². The van der Waals surface area contributed by atoms with Crippen molar-refractivity contribution in [1.29, 1.82) is 0 Å². The van der Waals surface area contributed by atoms with Crippen molar-refractivity contribution >= 4 is 17.5 Å². The van der Waals surface area contributed by atoms with Crippen molar-refractivity contribution < 1.29 is 9.59 Å². The molecule has 5 heteroatoms. The Morgan fingerprint density at radius 1 is 1.21 bits per heavy atom. The molecule has 0 bridgehead atoms. The fourth-order valence-electron chi connectivity index (χ4n) is 2.96. The van der Waals surface area contributed by atoms with E-state index in [-0.39, 0.29) is 17.5 Å². The van der Waals surface area contributed by atoms with E-state index in [1.807, 2.05) is 35.2 Å². The molecule has 1 unspecified atom stereocenters. The summed E-state index contributed by atoms with van der Waals surface area (Å²) in [7, 11) is 0. The summed E-state index contributed by atoms with van der Waals surface area (Å²) >= 11 is 0.